The largest absolute Gasteiger partial charge is 0.494 e. The van der Waals surface area contributed by atoms with Crippen LogP contribution in [0.2, 0.25) is 0 Å². The maximum Gasteiger partial charge on any atom is 0.332 e. The number of rotatable bonds is 9. The molecule has 0 aliphatic heterocycles. The lowest BCUT2D eigenvalue weighted by Crippen LogP contribution is -2.56. The lowest BCUT2D eigenvalue weighted by molar-refractivity contribution is -0.157. The Morgan fingerprint density at radius 3 is 2.06 bits per heavy atom. The van der Waals surface area contributed by atoms with E-state index in [1.54, 1.807) is 48.5 Å². The van der Waals surface area contributed by atoms with Crippen LogP contribution in [-0.2, 0) is 19.1 Å². The normalized spacial score (nSPS) is 14.3. The molecule has 3 N–H and O–H groups in total. The molecule has 9 nitrogen and oxygen atoms in total. The molecule has 0 bridgehead atoms. The summed E-state index contributed by atoms with van der Waals surface area (Å²) >= 11 is 0. The van der Waals surface area contributed by atoms with Crippen LogP contribution in [0.15, 0.2) is 48.5 Å². The van der Waals surface area contributed by atoms with Gasteiger partial charge in [0.2, 0.25) is 5.91 Å². The van der Waals surface area contributed by atoms with Gasteiger partial charge >= 0.3 is 5.97 Å². The number of nitrogens with one attached hydrogen (secondary N) is 3. The lowest BCUT2D eigenvalue weighted by Gasteiger charge is -2.35. The van der Waals surface area contributed by atoms with E-state index in [0.29, 0.717) is 36.4 Å². The second-order valence-electron chi connectivity index (χ2n) is 8.44. The SMILES string of the molecule is CCOc1ccc(NC(=O)c2ccc(NC(=O)COC(=O)C3(NC(C)=O)CCCCC3)cc2)cc1. The van der Waals surface area contributed by atoms with Gasteiger partial charge in [-0.15, -0.1) is 0 Å². The van der Waals surface area contributed by atoms with Gasteiger partial charge < -0.3 is 25.4 Å². The molecule has 0 spiro atoms. The van der Waals surface area contributed by atoms with Crippen LogP contribution in [0.3, 0.4) is 0 Å². The molecule has 1 aliphatic rings. The highest BCUT2D eigenvalue weighted by Gasteiger charge is 2.42. The molecule has 2 aromatic carbocycles. The summed E-state index contributed by atoms with van der Waals surface area (Å²) in [5.74, 6) is -0.987. The quantitative estimate of drug-likeness (QED) is 0.470. The first-order chi connectivity index (χ1) is 16.8. The number of ether oxygens (including phenoxy) is 2. The standard InChI is InChI=1S/C26H31N3O6/c1-3-34-22-13-11-21(12-14-22)28-24(32)19-7-9-20(10-8-19)27-23(31)17-35-25(33)26(29-18(2)30)15-5-4-6-16-26/h7-14H,3-6,15-17H2,1-2H3,(H,27,31)(H,28,32)(H,29,30). The second kappa shape index (κ2) is 12.0. The van der Waals surface area contributed by atoms with E-state index >= 15 is 0 Å². The van der Waals surface area contributed by atoms with E-state index < -0.39 is 24.0 Å². The van der Waals surface area contributed by atoms with Crippen molar-refractivity contribution in [1.29, 1.82) is 0 Å². The highest BCUT2D eigenvalue weighted by atomic mass is 16.5. The minimum Gasteiger partial charge on any atom is -0.494 e. The third-order valence-electron chi connectivity index (χ3n) is 5.70. The summed E-state index contributed by atoms with van der Waals surface area (Å²) in [6.45, 7) is 3.35. The molecule has 1 saturated carbocycles. The number of benzene rings is 2. The van der Waals surface area contributed by atoms with E-state index in [1.165, 1.54) is 6.92 Å². The molecule has 1 aliphatic carbocycles. The van der Waals surface area contributed by atoms with Crippen LogP contribution in [-0.4, -0.2) is 42.4 Å². The van der Waals surface area contributed by atoms with Crippen molar-refractivity contribution in [3.8, 4) is 5.75 Å². The third-order valence-corrected chi connectivity index (χ3v) is 5.70. The summed E-state index contributed by atoms with van der Waals surface area (Å²) in [6, 6.07) is 13.4. The molecule has 0 unspecified atom stereocenters. The van der Waals surface area contributed by atoms with Gasteiger partial charge in [0.25, 0.3) is 11.8 Å². The predicted molar refractivity (Wildman–Crippen MR) is 131 cm³/mol. The average molecular weight is 482 g/mol. The number of hydrogen-bond acceptors (Lipinski definition) is 6. The monoisotopic (exact) mass is 481 g/mol. The fourth-order valence-corrected chi connectivity index (χ4v) is 4.05. The molecule has 186 valence electrons. The smallest absolute Gasteiger partial charge is 0.332 e. The predicted octanol–water partition coefficient (Wildman–Crippen LogP) is 3.66. The minimum absolute atomic E-state index is 0.295. The molecule has 2 aromatic rings. The van der Waals surface area contributed by atoms with E-state index in [-0.39, 0.29) is 11.8 Å². The van der Waals surface area contributed by atoms with Crippen LogP contribution in [0, 0.1) is 0 Å². The van der Waals surface area contributed by atoms with Gasteiger partial charge in [0.15, 0.2) is 6.61 Å². The first-order valence-electron chi connectivity index (χ1n) is 11.7. The zero-order valence-corrected chi connectivity index (χ0v) is 20.0. The number of anilines is 2. The first-order valence-corrected chi connectivity index (χ1v) is 11.7. The number of hydrogen-bond donors (Lipinski definition) is 3. The Hall–Kier alpha value is -3.88. The van der Waals surface area contributed by atoms with Gasteiger partial charge in [-0.1, -0.05) is 19.3 Å². The van der Waals surface area contributed by atoms with E-state index in [9.17, 15) is 19.2 Å². The van der Waals surface area contributed by atoms with Gasteiger partial charge in [0, 0.05) is 23.9 Å². The molecule has 1 fully saturated rings. The number of esters is 1. The molecule has 3 amide bonds. The maximum atomic E-state index is 12.7. The van der Waals surface area contributed by atoms with Crippen LogP contribution in [0.1, 0.15) is 56.3 Å². The molecule has 0 radical (unpaired) electrons. The van der Waals surface area contributed by atoms with E-state index in [2.05, 4.69) is 16.0 Å². The molecule has 0 atom stereocenters. The highest BCUT2D eigenvalue weighted by Crippen LogP contribution is 2.29. The van der Waals surface area contributed by atoms with Crippen molar-refractivity contribution in [3.63, 3.8) is 0 Å². The third kappa shape index (κ3) is 7.30. The van der Waals surface area contributed by atoms with Gasteiger partial charge in [-0.2, -0.15) is 0 Å². The van der Waals surface area contributed by atoms with Crippen LogP contribution >= 0.6 is 0 Å². The summed E-state index contributed by atoms with van der Waals surface area (Å²) in [4.78, 5) is 49.0. The Morgan fingerprint density at radius 2 is 1.46 bits per heavy atom. The van der Waals surface area contributed by atoms with Gasteiger partial charge in [-0.05, 0) is 68.3 Å². The Labute approximate surface area is 204 Å². The Morgan fingerprint density at radius 1 is 0.857 bits per heavy atom. The van der Waals surface area contributed by atoms with E-state index in [0.717, 1.165) is 25.0 Å². The van der Waals surface area contributed by atoms with Crippen molar-refractivity contribution >= 4 is 35.1 Å². The summed E-state index contributed by atoms with van der Waals surface area (Å²) in [5, 5.41) is 8.16. The summed E-state index contributed by atoms with van der Waals surface area (Å²) in [7, 11) is 0. The fraction of sp³-hybridized carbons (Fsp3) is 0.385. The number of carbonyl (C=O) groups excluding carboxylic acids is 4. The summed E-state index contributed by atoms with van der Waals surface area (Å²) in [5.41, 5.74) is 0.436. The molecule has 35 heavy (non-hydrogen) atoms. The number of amides is 3. The molecule has 0 heterocycles. The number of carbonyl (C=O) groups is 4. The Bertz CT molecular complexity index is 1040. The molecule has 0 saturated heterocycles. The fourth-order valence-electron chi connectivity index (χ4n) is 4.05. The van der Waals surface area contributed by atoms with Gasteiger partial charge in [0.1, 0.15) is 11.3 Å². The van der Waals surface area contributed by atoms with Crippen LogP contribution in [0.5, 0.6) is 5.75 Å². The van der Waals surface area contributed by atoms with Crippen molar-refractivity contribution in [3.05, 3.63) is 54.1 Å². The Balaban J connectivity index is 1.50. The lowest BCUT2D eigenvalue weighted by atomic mass is 9.81. The van der Waals surface area contributed by atoms with Gasteiger partial charge in [-0.25, -0.2) is 4.79 Å². The van der Waals surface area contributed by atoms with Crippen molar-refractivity contribution in [2.75, 3.05) is 23.8 Å². The zero-order valence-electron chi connectivity index (χ0n) is 20.0. The van der Waals surface area contributed by atoms with Crippen molar-refractivity contribution in [2.24, 2.45) is 0 Å². The topological polar surface area (TPSA) is 123 Å². The van der Waals surface area contributed by atoms with Crippen molar-refractivity contribution < 1.29 is 28.7 Å². The van der Waals surface area contributed by atoms with Crippen LogP contribution in [0.25, 0.3) is 0 Å². The summed E-state index contributed by atoms with van der Waals surface area (Å²) in [6.07, 6.45) is 3.59. The van der Waals surface area contributed by atoms with Gasteiger partial charge in [0.05, 0.1) is 6.61 Å². The minimum atomic E-state index is -1.07. The first kappa shape index (κ1) is 25.7. The van der Waals surface area contributed by atoms with E-state index in [1.807, 2.05) is 6.92 Å². The maximum absolute atomic E-state index is 12.7. The van der Waals surface area contributed by atoms with Crippen LogP contribution < -0.4 is 20.7 Å². The Kier molecular flexibility index (Phi) is 8.83. The zero-order chi connectivity index (χ0) is 25.3. The highest BCUT2D eigenvalue weighted by molar-refractivity contribution is 6.04. The molecule has 9 heteroatoms. The van der Waals surface area contributed by atoms with Crippen LogP contribution in [0.4, 0.5) is 11.4 Å². The molecular formula is C26H31N3O6. The van der Waals surface area contributed by atoms with Crippen molar-refractivity contribution in [1.82, 2.24) is 5.32 Å². The second-order valence-corrected chi connectivity index (χ2v) is 8.44. The van der Waals surface area contributed by atoms with Crippen molar-refractivity contribution in [2.45, 2.75) is 51.5 Å². The molecule has 3 rings (SSSR count). The average Bonchev–Trinajstić information content (AvgIpc) is 2.84. The van der Waals surface area contributed by atoms with E-state index in [4.69, 9.17) is 9.47 Å². The summed E-state index contributed by atoms with van der Waals surface area (Å²) < 4.78 is 10.6. The molecular weight excluding hydrogens is 450 g/mol. The molecule has 0 aromatic heterocycles. The van der Waals surface area contributed by atoms with Gasteiger partial charge in [-0.3, -0.25) is 14.4 Å².